The topological polar surface area (TPSA) is 102 Å². The molecule has 0 aromatic rings. The zero-order chi connectivity index (χ0) is 20.5. The van der Waals surface area contributed by atoms with Gasteiger partial charge in [-0.3, -0.25) is 24.1 Å². The van der Waals surface area contributed by atoms with E-state index >= 15 is 0 Å². The fourth-order valence-electron chi connectivity index (χ4n) is 2.25. The fourth-order valence-corrected chi connectivity index (χ4v) is 2.42. The lowest BCUT2D eigenvalue weighted by Gasteiger charge is -2.24. The molecule has 0 aromatic heterocycles. The van der Waals surface area contributed by atoms with Gasteiger partial charge in [0.1, 0.15) is 16.9 Å². The van der Waals surface area contributed by atoms with Crippen molar-refractivity contribution in [2.24, 2.45) is 0 Å². The van der Waals surface area contributed by atoms with Gasteiger partial charge in [0.2, 0.25) is 0 Å². The molecule has 0 aliphatic carbocycles. The first kappa shape index (κ1) is 29.2. The van der Waals surface area contributed by atoms with Gasteiger partial charge in [-0.25, -0.2) is 0 Å². The lowest BCUT2D eigenvalue weighted by atomic mass is 10.1. The number of hydrogen-bond acceptors (Lipinski definition) is 8. The Morgan fingerprint density at radius 3 is 1.75 bits per heavy atom. The molecule has 0 radical (unpaired) electrons. The van der Waals surface area contributed by atoms with E-state index in [0.717, 1.165) is 25.9 Å². The number of piperidine rings is 2. The van der Waals surface area contributed by atoms with E-state index in [4.69, 9.17) is 4.74 Å². The summed E-state index contributed by atoms with van der Waals surface area (Å²) in [7, 11) is 0. The Labute approximate surface area is 181 Å². The Morgan fingerprint density at radius 2 is 1.39 bits per heavy atom. The lowest BCUT2D eigenvalue weighted by Crippen LogP contribution is -2.38. The maximum Gasteiger partial charge on any atom is 0.320 e. The number of carbonyl (C=O) groups is 4. The van der Waals surface area contributed by atoms with Crippen molar-refractivity contribution < 1.29 is 28.7 Å². The second-order valence-electron chi connectivity index (χ2n) is 5.85. The molecule has 2 saturated heterocycles. The molecule has 0 atom stereocenters. The molecule has 0 aromatic carbocycles. The first-order valence-corrected chi connectivity index (χ1v) is 10.4. The smallest absolute Gasteiger partial charge is 0.320 e. The Kier molecular flexibility index (Phi) is 20.1. The van der Waals surface area contributed by atoms with E-state index in [9.17, 15) is 19.2 Å². The van der Waals surface area contributed by atoms with Crippen LogP contribution in [0, 0.1) is 0 Å². The number of rotatable bonds is 5. The highest BCUT2D eigenvalue weighted by molar-refractivity contribution is 9.09. The van der Waals surface area contributed by atoms with Crippen LogP contribution in [0.1, 0.15) is 39.5 Å². The molecule has 10 heteroatoms. The molecule has 2 heterocycles. The van der Waals surface area contributed by atoms with Crippen LogP contribution < -0.4 is 5.32 Å². The second kappa shape index (κ2) is 19.3. The molecule has 2 aliphatic heterocycles. The number of nitrogens with one attached hydrogen (secondary N) is 1. The summed E-state index contributed by atoms with van der Waals surface area (Å²) >= 11 is 2.94. The van der Waals surface area contributed by atoms with Gasteiger partial charge in [0.05, 0.1) is 19.8 Å². The summed E-state index contributed by atoms with van der Waals surface area (Å²) in [6.45, 7) is 7.93. The first-order valence-electron chi connectivity index (χ1n) is 9.26. The number of nitrogens with zero attached hydrogens (tertiary/aromatic N) is 1. The van der Waals surface area contributed by atoms with Gasteiger partial charge >= 0.3 is 11.9 Å². The molecular weight excluding hydrogens is 456 g/mol. The van der Waals surface area contributed by atoms with Crippen LogP contribution in [0.25, 0.3) is 0 Å². The number of carbonyl (C=O) groups excluding carboxylic acids is 4. The highest BCUT2D eigenvalue weighted by Gasteiger charge is 2.18. The standard InChI is InChI=1S/C9H15NO3.C5H9NO.C4H7BrO2.ClH/c1-2-13-9(12)7-10-5-3-8(11)4-6-10;7-5-1-3-6-4-2-5;1-2-7-4(6)3-5;/h2-7H2,1H3;6H,1-4H2;2-3H2,1H3;1H. The molecular formula is C18H32BrClN2O6. The van der Waals surface area contributed by atoms with Crippen molar-refractivity contribution >= 4 is 51.8 Å². The number of esters is 2. The van der Waals surface area contributed by atoms with E-state index in [1.807, 2.05) is 4.90 Å². The van der Waals surface area contributed by atoms with Crippen LogP contribution in [0.15, 0.2) is 0 Å². The van der Waals surface area contributed by atoms with Crippen molar-refractivity contribution in [3.8, 4) is 0 Å². The molecule has 2 rings (SSSR count). The zero-order valence-corrected chi connectivity index (χ0v) is 19.1. The highest BCUT2D eigenvalue weighted by atomic mass is 79.9. The van der Waals surface area contributed by atoms with E-state index in [0.29, 0.717) is 62.6 Å². The summed E-state index contributed by atoms with van der Waals surface area (Å²) in [4.78, 5) is 44.4. The van der Waals surface area contributed by atoms with Gasteiger partial charge in [0, 0.05) is 51.9 Å². The van der Waals surface area contributed by atoms with Crippen molar-refractivity contribution in [3.05, 3.63) is 0 Å². The van der Waals surface area contributed by atoms with Gasteiger partial charge in [0.15, 0.2) is 0 Å². The third-order valence-corrected chi connectivity index (χ3v) is 4.11. The van der Waals surface area contributed by atoms with Crippen molar-refractivity contribution in [1.29, 1.82) is 0 Å². The van der Waals surface area contributed by atoms with Crippen molar-refractivity contribution in [3.63, 3.8) is 0 Å². The number of Topliss-reactive ketones (excluding diaryl/α,β-unsaturated/α-hetero) is 2. The van der Waals surface area contributed by atoms with Gasteiger partial charge < -0.3 is 14.8 Å². The van der Waals surface area contributed by atoms with Gasteiger partial charge in [-0.05, 0) is 13.8 Å². The van der Waals surface area contributed by atoms with E-state index in [1.165, 1.54) is 0 Å². The largest absolute Gasteiger partial charge is 0.465 e. The monoisotopic (exact) mass is 486 g/mol. The summed E-state index contributed by atoms with van der Waals surface area (Å²) in [6, 6.07) is 0. The van der Waals surface area contributed by atoms with Gasteiger partial charge in [-0.2, -0.15) is 0 Å². The molecule has 0 saturated carbocycles. The normalized spacial score (nSPS) is 16.4. The number of alkyl halides is 1. The molecule has 2 aliphatic rings. The molecule has 0 spiro atoms. The second-order valence-corrected chi connectivity index (χ2v) is 6.41. The molecule has 0 amide bonds. The summed E-state index contributed by atoms with van der Waals surface area (Å²) in [5, 5.41) is 3.39. The Morgan fingerprint density at radius 1 is 0.929 bits per heavy atom. The number of likely N-dealkylation sites (tertiary alicyclic amines) is 1. The Balaban J connectivity index is 0. The fraction of sp³-hybridized carbons (Fsp3) is 0.778. The SMILES string of the molecule is CCOC(=O)CBr.CCOC(=O)CN1CCC(=O)CC1.Cl.O=C1CCNCC1. The molecule has 0 unspecified atom stereocenters. The summed E-state index contributed by atoms with van der Waals surface area (Å²) in [6.07, 6.45) is 2.61. The average molecular weight is 488 g/mol. The van der Waals surface area contributed by atoms with Crippen molar-refractivity contribution in [1.82, 2.24) is 10.2 Å². The minimum atomic E-state index is -0.206. The molecule has 0 bridgehead atoms. The van der Waals surface area contributed by atoms with Crippen LogP contribution in [-0.4, -0.2) is 79.7 Å². The van der Waals surface area contributed by atoms with Crippen molar-refractivity contribution in [2.75, 3.05) is 51.3 Å². The van der Waals surface area contributed by atoms with Crippen LogP contribution in [0.2, 0.25) is 0 Å². The Hall–Kier alpha value is -1.03. The zero-order valence-electron chi connectivity index (χ0n) is 16.7. The number of halogens is 2. The van der Waals surface area contributed by atoms with Crippen LogP contribution in [0.4, 0.5) is 0 Å². The van der Waals surface area contributed by atoms with Gasteiger partial charge in [-0.1, -0.05) is 15.9 Å². The van der Waals surface area contributed by atoms with E-state index in [-0.39, 0.29) is 24.3 Å². The molecule has 28 heavy (non-hydrogen) atoms. The number of hydrogen-bond donors (Lipinski definition) is 1. The maximum atomic E-state index is 11.0. The maximum absolute atomic E-state index is 11.0. The van der Waals surface area contributed by atoms with Crippen LogP contribution in [-0.2, 0) is 28.7 Å². The van der Waals surface area contributed by atoms with Gasteiger partial charge in [-0.15, -0.1) is 12.4 Å². The molecule has 8 nitrogen and oxygen atoms in total. The van der Waals surface area contributed by atoms with Crippen molar-refractivity contribution in [2.45, 2.75) is 39.5 Å². The number of ether oxygens (including phenoxy) is 2. The quantitative estimate of drug-likeness (QED) is 0.460. The van der Waals surface area contributed by atoms with E-state index < -0.39 is 0 Å². The molecule has 164 valence electrons. The average Bonchev–Trinajstić information content (AvgIpc) is 2.66. The summed E-state index contributed by atoms with van der Waals surface area (Å²) < 4.78 is 9.31. The first-order chi connectivity index (χ1) is 12.9. The molecule has 2 fully saturated rings. The summed E-state index contributed by atoms with van der Waals surface area (Å²) in [5.74, 6) is 0.290. The van der Waals surface area contributed by atoms with Gasteiger partial charge in [0.25, 0.3) is 0 Å². The third kappa shape index (κ3) is 17.1. The summed E-state index contributed by atoms with van der Waals surface area (Å²) in [5.41, 5.74) is 0. The number of ketones is 2. The van der Waals surface area contributed by atoms with E-state index in [2.05, 4.69) is 26.0 Å². The lowest BCUT2D eigenvalue weighted by molar-refractivity contribution is -0.145. The van der Waals surface area contributed by atoms with E-state index in [1.54, 1.807) is 13.8 Å². The van der Waals surface area contributed by atoms with Crippen LogP contribution >= 0.6 is 28.3 Å². The minimum Gasteiger partial charge on any atom is -0.465 e. The van der Waals surface area contributed by atoms with Crippen LogP contribution in [0.3, 0.4) is 0 Å². The Bertz CT molecular complexity index is 453. The third-order valence-electron chi connectivity index (χ3n) is 3.65. The highest BCUT2D eigenvalue weighted by Crippen LogP contribution is 2.04. The predicted octanol–water partition coefficient (Wildman–Crippen LogP) is 1.52. The molecule has 1 N–H and O–H groups in total. The van der Waals surface area contributed by atoms with Crippen LogP contribution in [0.5, 0.6) is 0 Å². The minimum absolute atomic E-state index is 0. The predicted molar refractivity (Wildman–Crippen MR) is 112 cm³/mol.